The SMILES string of the molecule is O=C(CN(CCO)Cc1cc(Br)ccc1F)Nc1ccc2c(c1)OCCCO2. The molecule has 0 radical (unpaired) electrons. The lowest BCUT2D eigenvalue weighted by Crippen LogP contribution is -2.35. The number of aliphatic hydroxyl groups is 1. The summed E-state index contributed by atoms with van der Waals surface area (Å²) in [4.78, 5) is 14.2. The van der Waals surface area contributed by atoms with Crippen molar-refractivity contribution < 1.29 is 23.8 Å². The minimum absolute atomic E-state index is 0.0148. The maximum atomic E-state index is 14.0. The molecule has 1 amide bonds. The average molecular weight is 453 g/mol. The lowest BCUT2D eigenvalue weighted by molar-refractivity contribution is -0.117. The highest BCUT2D eigenvalue weighted by molar-refractivity contribution is 9.10. The van der Waals surface area contributed by atoms with E-state index in [0.717, 1.165) is 10.9 Å². The van der Waals surface area contributed by atoms with Crippen LogP contribution in [-0.2, 0) is 11.3 Å². The first kappa shape index (κ1) is 20.6. The van der Waals surface area contributed by atoms with Crippen molar-refractivity contribution in [3.05, 3.63) is 52.3 Å². The molecule has 3 rings (SSSR count). The molecule has 0 saturated heterocycles. The molecule has 0 fully saturated rings. The highest BCUT2D eigenvalue weighted by Gasteiger charge is 2.16. The quantitative estimate of drug-likeness (QED) is 0.674. The van der Waals surface area contributed by atoms with Crippen molar-refractivity contribution >= 4 is 27.5 Å². The van der Waals surface area contributed by atoms with Crippen LogP contribution in [0.1, 0.15) is 12.0 Å². The van der Waals surface area contributed by atoms with Gasteiger partial charge in [-0.2, -0.15) is 0 Å². The summed E-state index contributed by atoms with van der Waals surface area (Å²) in [5.41, 5.74) is 1.04. The Bertz CT molecular complexity index is 834. The molecule has 6 nitrogen and oxygen atoms in total. The van der Waals surface area contributed by atoms with Crippen molar-refractivity contribution in [1.82, 2.24) is 4.90 Å². The Morgan fingerprint density at radius 1 is 1.18 bits per heavy atom. The lowest BCUT2D eigenvalue weighted by atomic mass is 10.2. The van der Waals surface area contributed by atoms with E-state index in [4.69, 9.17) is 9.47 Å². The average Bonchev–Trinajstić information content (AvgIpc) is 2.90. The van der Waals surface area contributed by atoms with Crippen LogP contribution < -0.4 is 14.8 Å². The second-order valence-electron chi connectivity index (χ2n) is 6.43. The smallest absolute Gasteiger partial charge is 0.238 e. The molecule has 0 unspecified atom stereocenters. The maximum absolute atomic E-state index is 14.0. The molecule has 0 atom stereocenters. The molecule has 8 heteroatoms. The number of ether oxygens (including phenoxy) is 2. The summed E-state index contributed by atoms with van der Waals surface area (Å²) in [6.45, 7) is 1.50. The fourth-order valence-corrected chi connectivity index (χ4v) is 3.31. The van der Waals surface area contributed by atoms with Gasteiger partial charge in [-0.15, -0.1) is 0 Å². The Balaban J connectivity index is 1.64. The van der Waals surface area contributed by atoms with Gasteiger partial charge >= 0.3 is 0 Å². The van der Waals surface area contributed by atoms with Gasteiger partial charge < -0.3 is 19.9 Å². The summed E-state index contributed by atoms with van der Waals surface area (Å²) in [5, 5.41) is 12.1. The molecule has 0 bridgehead atoms. The predicted molar refractivity (Wildman–Crippen MR) is 107 cm³/mol. The van der Waals surface area contributed by atoms with Crippen molar-refractivity contribution in [2.24, 2.45) is 0 Å². The van der Waals surface area contributed by atoms with Gasteiger partial charge in [0.2, 0.25) is 5.91 Å². The number of fused-ring (bicyclic) bond motifs is 1. The highest BCUT2D eigenvalue weighted by atomic mass is 79.9. The Morgan fingerprint density at radius 3 is 2.75 bits per heavy atom. The largest absolute Gasteiger partial charge is 0.490 e. The molecule has 0 spiro atoms. The third-order valence-corrected chi connectivity index (χ3v) is 4.71. The maximum Gasteiger partial charge on any atom is 0.238 e. The second kappa shape index (κ2) is 9.86. The fourth-order valence-electron chi connectivity index (χ4n) is 2.91. The van der Waals surface area contributed by atoms with Gasteiger partial charge in [0, 0.05) is 41.3 Å². The molecule has 1 heterocycles. The Kier molecular flexibility index (Phi) is 7.24. The first-order chi connectivity index (χ1) is 13.5. The Labute approximate surface area is 171 Å². The molecule has 2 N–H and O–H groups in total. The monoisotopic (exact) mass is 452 g/mol. The van der Waals surface area contributed by atoms with Gasteiger partial charge in [0.05, 0.1) is 26.4 Å². The molecule has 1 aliphatic rings. The van der Waals surface area contributed by atoms with Gasteiger partial charge in [-0.1, -0.05) is 15.9 Å². The number of nitrogens with zero attached hydrogens (tertiary/aromatic N) is 1. The number of aliphatic hydroxyl groups excluding tert-OH is 1. The number of carbonyl (C=O) groups is 1. The van der Waals surface area contributed by atoms with Crippen LogP contribution in [0, 0.1) is 5.82 Å². The number of nitrogens with one attached hydrogen (secondary N) is 1. The highest BCUT2D eigenvalue weighted by Crippen LogP contribution is 2.32. The molecule has 28 heavy (non-hydrogen) atoms. The lowest BCUT2D eigenvalue weighted by Gasteiger charge is -2.21. The summed E-state index contributed by atoms with van der Waals surface area (Å²) in [6.07, 6.45) is 0.804. The van der Waals surface area contributed by atoms with Crippen molar-refractivity contribution in [3.63, 3.8) is 0 Å². The van der Waals surface area contributed by atoms with Gasteiger partial charge in [-0.3, -0.25) is 9.69 Å². The van der Waals surface area contributed by atoms with Crippen LogP contribution in [0.2, 0.25) is 0 Å². The third kappa shape index (κ3) is 5.67. The molecular weight excluding hydrogens is 431 g/mol. The summed E-state index contributed by atoms with van der Waals surface area (Å²) < 4.78 is 26.0. The van der Waals surface area contributed by atoms with E-state index >= 15 is 0 Å². The minimum Gasteiger partial charge on any atom is -0.490 e. The number of halogens is 2. The minimum atomic E-state index is -0.352. The first-order valence-electron chi connectivity index (χ1n) is 9.02. The van der Waals surface area contributed by atoms with Gasteiger partial charge in [-0.25, -0.2) is 4.39 Å². The number of rotatable bonds is 7. The number of hydrogen-bond donors (Lipinski definition) is 2. The van der Waals surface area contributed by atoms with E-state index in [1.54, 1.807) is 35.2 Å². The Hall–Kier alpha value is -2.16. The molecule has 0 aromatic heterocycles. The molecule has 0 saturated carbocycles. The van der Waals surface area contributed by atoms with E-state index in [9.17, 15) is 14.3 Å². The van der Waals surface area contributed by atoms with Crippen molar-refractivity contribution in [2.75, 3.05) is 38.2 Å². The summed E-state index contributed by atoms with van der Waals surface area (Å²) >= 11 is 3.32. The van der Waals surface area contributed by atoms with E-state index in [-0.39, 0.29) is 38.0 Å². The zero-order valence-electron chi connectivity index (χ0n) is 15.3. The van der Waals surface area contributed by atoms with Crippen LogP contribution in [0.5, 0.6) is 11.5 Å². The molecular formula is C20H22BrFN2O4. The molecule has 2 aromatic rings. The summed E-state index contributed by atoms with van der Waals surface area (Å²) in [6, 6.07) is 9.89. The van der Waals surface area contributed by atoms with Crippen molar-refractivity contribution in [3.8, 4) is 11.5 Å². The summed E-state index contributed by atoms with van der Waals surface area (Å²) in [7, 11) is 0. The standard InChI is InChI=1S/C20H22BrFN2O4/c21-15-2-4-17(22)14(10-15)12-24(6-7-25)13-20(26)23-16-3-5-18-19(11-16)28-9-1-8-27-18/h2-5,10-11,25H,1,6-9,12-13H2,(H,23,26). The van der Waals surface area contributed by atoms with Crippen LogP contribution in [0.4, 0.5) is 10.1 Å². The van der Waals surface area contributed by atoms with E-state index in [2.05, 4.69) is 21.2 Å². The van der Waals surface area contributed by atoms with Gasteiger partial charge in [-0.05, 0) is 30.3 Å². The number of amides is 1. The van der Waals surface area contributed by atoms with Gasteiger partial charge in [0.25, 0.3) is 0 Å². The number of hydrogen-bond acceptors (Lipinski definition) is 5. The zero-order valence-corrected chi connectivity index (χ0v) is 16.9. The number of benzene rings is 2. The molecule has 150 valence electrons. The zero-order chi connectivity index (χ0) is 19.9. The van der Waals surface area contributed by atoms with Crippen LogP contribution in [0.15, 0.2) is 40.9 Å². The number of carbonyl (C=O) groups excluding carboxylic acids is 1. The topological polar surface area (TPSA) is 71.0 Å². The second-order valence-corrected chi connectivity index (χ2v) is 7.35. The van der Waals surface area contributed by atoms with Gasteiger partial charge in [0.15, 0.2) is 11.5 Å². The van der Waals surface area contributed by atoms with Crippen LogP contribution in [0.25, 0.3) is 0 Å². The Morgan fingerprint density at radius 2 is 1.96 bits per heavy atom. The van der Waals surface area contributed by atoms with E-state index in [0.29, 0.717) is 36.0 Å². The predicted octanol–water partition coefficient (Wildman–Crippen LogP) is 3.18. The number of anilines is 1. The molecule has 2 aromatic carbocycles. The summed E-state index contributed by atoms with van der Waals surface area (Å²) in [5.74, 6) is 0.633. The van der Waals surface area contributed by atoms with Crippen LogP contribution in [-0.4, -0.2) is 48.8 Å². The van der Waals surface area contributed by atoms with E-state index in [1.807, 2.05) is 0 Å². The van der Waals surface area contributed by atoms with E-state index in [1.165, 1.54) is 6.07 Å². The first-order valence-corrected chi connectivity index (χ1v) is 9.81. The van der Waals surface area contributed by atoms with Gasteiger partial charge in [0.1, 0.15) is 5.82 Å². The van der Waals surface area contributed by atoms with Crippen LogP contribution >= 0.6 is 15.9 Å². The van der Waals surface area contributed by atoms with Crippen molar-refractivity contribution in [1.29, 1.82) is 0 Å². The van der Waals surface area contributed by atoms with E-state index < -0.39 is 0 Å². The third-order valence-electron chi connectivity index (χ3n) is 4.22. The van der Waals surface area contributed by atoms with Crippen LogP contribution in [0.3, 0.4) is 0 Å². The molecule has 0 aliphatic carbocycles. The molecule has 1 aliphatic heterocycles. The normalized spacial score (nSPS) is 13.3. The fraction of sp³-hybridized carbons (Fsp3) is 0.350. The van der Waals surface area contributed by atoms with Crippen molar-refractivity contribution in [2.45, 2.75) is 13.0 Å².